The highest BCUT2D eigenvalue weighted by Crippen LogP contribution is 2.32. The van der Waals surface area contributed by atoms with Gasteiger partial charge in [-0.3, -0.25) is 4.79 Å². The average molecular weight is 406 g/mol. The third-order valence-corrected chi connectivity index (χ3v) is 5.37. The van der Waals surface area contributed by atoms with Gasteiger partial charge in [-0.25, -0.2) is 4.79 Å². The Morgan fingerprint density at radius 1 is 1.03 bits per heavy atom. The lowest BCUT2D eigenvalue weighted by atomic mass is 9.93. The molecule has 3 aromatic rings. The number of carbonyl (C=O) groups is 2. The Bertz CT molecular complexity index is 1110. The van der Waals surface area contributed by atoms with Gasteiger partial charge in [0, 0.05) is 22.7 Å². The van der Waals surface area contributed by atoms with Crippen molar-refractivity contribution in [2.75, 3.05) is 5.32 Å². The summed E-state index contributed by atoms with van der Waals surface area (Å²) in [7, 11) is 0. The summed E-state index contributed by atoms with van der Waals surface area (Å²) in [5.41, 5.74) is 5.60. The van der Waals surface area contributed by atoms with E-state index in [-0.39, 0.29) is 11.9 Å². The number of amides is 1. The van der Waals surface area contributed by atoms with Crippen LogP contribution in [0.1, 0.15) is 49.1 Å². The van der Waals surface area contributed by atoms with E-state index < -0.39 is 6.10 Å². The maximum Gasteiger partial charge on any atom is 0.339 e. The molecular formula is C24H20ClNO3. The van der Waals surface area contributed by atoms with Crippen LogP contribution in [0.5, 0.6) is 0 Å². The number of esters is 1. The molecule has 0 saturated heterocycles. The molecule has 0 bridgehead atoms. The minimum Gasteiger partial charge on any atom is -0.454 e. The lowest BCUT2D eigenvalue weighted by molar-refractivity contribution is 0.0252. The van der Waals surface area contributed by atoms with Crippen molar-refractivity contribution in [1.29, 1.82) is 0 Å². The highest BCUT2D eigenvalue weighted by molar-refractivity contribution is 6.30. The molecule has 0 saturated carbocycles. The molecule has 4 nitrogen and oxygen atoms in total. The topological polar surface area (TPSA) is 55.4 Å². The van der Waals surface area contributed by atoms with Crippen LogP contribution in [0.4, 0.5) is 5.69 Å². The molecule has 1 heterocycles. The number of anilines is 1. The van der Waals surface area contributed by atoms with E-state index >= 15 is 0 Å². The van der Waals surface area contributed by atoms with Gasteiger partial charge < -0.3 is 10.1 Å². The van der Waals surface area contributed by atoms with Crippen molar-refractivity contribution in [3.05, 3.63) is 99.1 Å². The Labute approximate surface area is 174 Å². The van der Waals surface area contributed by atoms with E-state index in [2.05, 4.69) is 5.32 Å². The number of hydrogen-bond acceptors (Lipinski definition) is 3. The first-order valence-electron chi connectivity index (χ1n) is 9.38. The fourth-order valence-electron chi connectivity index (χ4n) is 3.55. The van der Waals surface area contributed by atoms with Crippen molar-refractivity contribution >= 4 is 29.2 Å². The Balaban J connectivity index is 1.59. The van der Waals surface area contributed by atoms with E-state index in [1.54, 1.807) is 30.3 Å². The smallest absolute Gasteiger partial charge is 0.339 e. The lowest BCUT2D eigenvalue weighted by Crippen LogP contribution is -2.23. The molecule has 1 amide bonds. The van der Waals surface area contributed by atoms with Crippen LogP contribution < -0.4 is 5.32 Å². The van der Waals surface area contributed by atoms with Crippen LogP contribution in [-0.4, -0.2) is 11.9 Å². The molecule has 1 atom stereocenters. The predicted molar refractivity (Wildman–Crippen MR) is 114 cm³/mol. The van der Waals surface area contributed by atoms with Gasteiger partial charge in [-0.2, -0.15) is 0 Å². The monoisotopic (exact) mass is 405 g/mol. The molecule has 5 heteroatoms. The number of nitrogens with one attached hydrogen (secondary N) is 1. The summed E-state index contributed by atoms with van der Waals surface area (Å²) >= 11 is 5.95. The predicted octanol–water partition coefficient (Wildman–Crippen LogP) is 5.66. The van der Waals surface area contributed by atoms with E-state index in [4.69, 9.17) is 16.3 Å². The van der Waals surface area contributed by atoms with Crippen molar-refractivity contribution < 1.29 is 14.3 Å². The molecular weight excluding hydrogens is 386 g/mol. The molecule has 146 valence electrons. The van der Waals surface area contributed by atoms with Crippen LogP contribution in [0.2, 0.25) is 5.02 Å². The Kier molecular flexibility index (Phi) is 5.12. The number of rotatable bonds is 3. The average Bonchev–Trinajstić information content (AvgIpc) is 2.70. The summed E-state index contributed by atoms with van der Waals surface area (Å²) in [6, 6.07) is 18.2. The third-order valence-electron chi connectivity index (χ3n) is 5.11. The molecule has 0 fully saturated rings. The molecule has 4 rings (SSSR count). The summed E-state index contributed by atoms with van der Waals surface area (Å²) in [4.78, 5) is 25.2. The second-order valence-corrected chi connectivity index (χ2v) is 7.73. The van der Waals surface area contributed by atoms with Gasteiger partial charge in [0.2, 0.25) is 0 Å². The second kappa shape index (κ2) is 7.72. The van der Waals surface area contributed by atoms with E-state index in [0.29, 0.717) is 22.6 Å². The molecule has 1 unspecified atom stereocenters. The number of hydrogen-bond donors (Lipinski definition) is 1. The fraction of sp³-hybridized carbons (Fsp3) is 0.167. The lowest BCUT2D eigenvalue weighted by Gasteiger charge is -2.25. The Hall–Kier alpha value is -3.11. The van der Waals surface area contributed by atoms with Crippen LogP contribution in [0.3, 0.4) is 0 Å². The highest BCUT2D eigenvalue weighted by atomic mass is 35.5. The maximum absolute atomic E-state index is 12.8. The number of fused-ring (bicyclic) bond motifs is 1. The van der Waals surface area contributed by atoms with Crippen molar-refractivity contribution in [2.45, 2.75) is 26.4 Å². The largest absolute Gasteiger partial charge is 0.454 e. The zero-order valence-corrected chi connectivity index (χ0v) is 16.9. The van der Waals surface area contributed by atoms with Crippen LogP contribution in [0.15, 0.2) is 60.7 Å². The molecule has 0 aromatic heterocycles. The second-order valence-electron chi connectivity index (χ2n) is 7.29. The SMILES string of the molecule is Cc1ccc(NC(=O)c2ccc3c(c2)CC(c2ccc(Cl)cc2)OC3=O)c(C)c1. The van der Waals surface area contributed by atoms with E-state index in [1.165, 1.54) is 0 Å². The molecule has 1 aliphatic rings. The molecule has 29 heavy (non-hydrogen) atoms. The molecule has 0 spiro atoms. The third kappa shape index (κ3) is 4.03. The Morgan fingerprint density at radius 3 is 2.52 bits per heavy atom. The highest BCUT2D eigenvalue weighted by Gasteiger charge is 2.28. The van der Waals surface area contributed by atoms with Gasteiger partial charge in [-0.05, 0) is 66.9 Å². The van der Waals surface area contributed by atoms with E-state index in [1.807, 2.05) is 44.2 Å². The molecule has 0 aliphatic carbocycles. The van der Waals surface area contributed by atoms with Crippen LogP contribution in [-0.2, 0) is 11.2 Å². The van der Waals surface area contributed by atoms with Crippen molar-refractivity contribution in [3.8, 4) is 0 Å². The minimum absolute atomic E-state index is 0.207. The van der Waals surface area contributed by atoms with Gasteiger partial charge >= 0.3 is 5.97 Å². The molecule has 3 aromatic carbocycles. The summed E-state index contributed by atoms with van der Waals surface area (Å²) in [6.07, 6.45) is 0.109. The van der Waals surface area contributed by atoms with Crippen LogP contribution >= 0.6 is 11.6 Å². The number of ether oxygens (including phenoxy) is 1. The minimum atomic E-state index is -0.398. The van der Waals surface area contributed by atoms with Gasteiger partial charge in [0.05, 0.1) is 5.56 Å². The van der Waals surface area contributed by atoms with E-state index in [9.17, 15) is 9.59 Å². The van der Waals surface area contributed by atoms with Crippen LogP contribution in [0.25, 0.3) is 0 Å². The number of cyclic esters (lactones) is 1. The summed E-state index contributed by atoms with van der Waals surface area (Å²) in [5, 5.41) is 3.58. The van der Waals surface area contributed by atoms with E-state index in [0.717, 1.165) is 27.9 Å². The first-order chi connectivity index (χ1) is 13.9. The normalized spacial score (nSPS) is 15.4. The molecule has 1 N–H and O–H groups in total. The Morgan fingerprint density at radius 2 is 1.79 bits per heavy atom. The van der Waals surface area contributed by atoms with Crippen molar-refractivity contribution in [1.82, 2.24) is 0 Å². The first kappa shape index (κ1) is 19.2. The number of benzene rings is 3. The summed E-state index contributed by atoms with van der Waals surface area (Å²) < 4.78 is 5.58. The quantitative estimate of drug-likeness (QED) is 0.572. The van der Waals surface area contributed by atoms with Gasteiger partial charge in [0.25, 0.3) is 5.91 Å². The van der Waals surface area contributed by atoms with Gasteiger partial charge in [0.15, 0.2) is 0 Å². The molecule has 0 radical (unpaired) electrons. The molecule has 1 aliphatic heterocycles. The van der Waals surface area contributed by atoms with Crippen LogP contribution in [0, 0.1) is 13.8 Å². The summed E-state index contributed by atoms with van der Waals surface area (Å²) in [6.45, 7) is 3.97. The van der Waals surface area contributed by atoms with Crippen molar-refractivity contribution in [3.63, 3.8) is 0 Å². The summed E-state index contributed by atoms with van der Waals surface area (Å²) in [5.74, 6) is -0.589. The van der Waals surface area contributed by atoms with Gasteiger partial charge in [-0.15, -0.1) is 0 Å². The number of aryl methyl sites for hydroxylation is 2. The standard InChI is InChI=1S/C24H20ClNO3/c1-14-3-10-21(15(2)11-14)26-23(27)17-6-9-20-18(12-17)13-22(29-24(20)28)16-4-7-19(25)8-5-16/h3-12,22H,13H2,1-2H3,(H,26,27). The maximum atomic E-state index is 12.8. The fourth-order valence-corrected chi connectivity index (χ4v) is 3.67. The number of halogens is 1. The zero-order valence-electron chi connectivity index (χ0n) is 16.2. The van der Waals surface area contributed by atoms with Crippen molar-refractivity contribution in [2.24, 2.45) is 0 Å². The van der Waals surface area contributed by atoms with Gasteiger partial charge in [0.1, 0.15) is 6.10 Å². The van der Waals surface area contributed by atoms with Gasteiger partial charge in [-0.1, -0.05) is 41.4 Å². The first-order valence-corrected chi connectivity index (χ1v) is 9.76. The zero-order chi connectivity index (χ0) is 20.5. The number of carbonyl (C=O) groups excluding carboxylic acids is 2.